The molecule has 0 spiro atoms. The monoisotopic (exact) mass is 225 g/mol. The number of nitrogens with one attached hydrogen (secondary N) is 1. The van der Waals surface area contributed by atoms with Gasteiger partial charge in [0.05, 0.1) is 5.56 Å². The van der Waals surface area contributed by atoms with Crippen molar-refractivity contribution in [2.75, 3.05) is 19.0 Å². The van der Waals surface area contributed by atoms with Crippen LogP contribution in [0.1, 0.15) is 5.56 Å². The van der Waals surface area contributed by atoms with E-state index in [0.29, 0.717) is 10.6 Å². The maximum absolute atomic E-state index is 11.5. The minimum atomic E-state index is -0.682. The molecule has 0 saturated heterocycles. The molecule has 0 bridgehead atoms. The highest BCUT2D eigenvalue weighted by molar-refractivity contribution is 7.14. The maximum Gasteiger partial charge on any atom is 0.255 e. The van der Waals surface area contributed by atoms with E-state index in [1.807, 2.05) is 6.07 Å². The van der Waals surface area contributed by atoms with Crippen LogP contribution < -0.4 is 11.1 Å². The number of anilines is 1. The van der Waals surface area contributed by atoms with E-state index in [0.717, 1.165) is 0 Å². The predicted molar refractivity (Wildman–Crippen MR) is 57.5 cm³/mol. The molecule has 3 N–H and O–H groups in total. The first-order chi connectivity index (χ1) is 7.22. The van der Waals surface area contributed by atoms with Gasteiger partial charge in [-0.15, -0.1) is 11.3 Å². The molecule has 1 aromatic rings. The molecule has 6 heteroatoms. The lowest BCUT2D eigenvalue weighted by Gasteiger charge is -2.11. The SMILES string of the molecule is COC(CN)C(=O)Nc1sccc1C#N. The number of hydrogen-bond donors (Lipinski definition) is 2. The number of hydrogen-bond acceptors (Lipinski definition) is 5. The van der Waals surface area contributed by atoms with Crippen LogP contribution in [0.15, 0.2) is 11.4 Å². The highest BCUT2D eigenvalue weighted by atomic mass is 32.1. The Labute approximate surface area is 91.5 Å². The number of methoxy groups -OCH3 is 1. The zero-order valence-corrected chi connectivity index (χ0v) is 9.00. The molecule has 1 unspecified atom stereocenters. The van der Waals surface area contributed by atoms with Crippen molar-refractivity contribution >= 4 is 22.2 Å². The summed E-state index contributed by atoms with van der Waals surface area (Å²) in [6.07, 6.45) is -0.682. The number of nitriles is 1. The second kappa shape index (κ2) is 5.46. The molecule has 0 aliphatic rings. The van der Waals surface area contributed by atoms with Gasteiger partial charge in [0, 0.05) is 13.7 Å². The quantitative estimate of drug-likeness (QED) is 0.782. The third kappa shape index (κ3) is 2.76. The van der Waals surface area contributed by atoms with Gasteiger partial charge in [-0.25, -0.2) is 0 Å². The Balaban J connectivity index is 2.70. The fourth-order valence-corrected chi connectivity index (χ4v) is 1.74. The number of carbonyl (C=O) groups is 1. The molecule has 0 radical (unpaired) electrons. The predicted octanol–water partition coefficient (Wildman–Crippen LogP) is 0.532. The number of thiophene rings is 1. The topological polar surface area (TPSA) is 88.1 Å². The number of amides is 1. The van der Waals surface area contributed by atoms with Gasteiger partial charge in [0.25, 0.3) is 5.91 Å². The Kier molecular flexibility index (Phi) is 4.24. The number of ether oxygens (including phenoxy) is 1. The van der Waals surface area contributed by atoms with Crippen molar-refractivity contribution in [3.8, 4) is 6.07 Å². The van der Waals surface area contributed by atoms with E-state index in [1.165, 1.54) is 18.4 Å². The first-order valence-corrected chi connectivity index (χ1v) is 5.12. The number of nitrogens with two attached hydrogens (primary N) is 1. The van der Waals surface area contributed by atoms with Gasteiger partial charge >= 0.3 is 0 Å². The van der Waals surface area contributed by atoms with Crippen molar-refractivity contribution < 1.29 is 9.53 Å². The summed E-state index contributed by atoms with van der Waals surface area (Å²) in [5.74, 6) is -0.334. The van der Waals surface area contributed by atoms with Gasteiger partial charge in [-0.05, 0) is 11.4 Å². The van der Waals surface area contributed by atoms with Crippen molar-refractivity contribution in [2.45, 2.75) is 6.10 Å². The van der Waals surface area contributed by atoms with Gasteiger partial charge in [0.15, 0.2) is 0 Å². The fourth-order valence-electron chi connectivity index (χ4n) is 0.997. The van der Waals surface area contributed by atoms with E-state index in [2.05, 4.69) is 5.32 Å². The van der Waals surface area contributed by atoms with Crippen LogP contribution in [0.4, 0.5) is 5.00 Å². The lowest BCUT2D eigenvalue weighted by Crippen LogP contribution is -2.35. The molecule has 0 aromatic carbocycles. The Morgan fingerprint density at radius 1 is 1.87 bits per heavy atom. The van der Waals surface area contributed by atoms with Gasteiger partial charge in [0.2, 0.25) is 0 Å². The maximum atomic E-state index is 11.5. The molecule has 1 rings (SSSR count). The minimum absolute atomic E-state index is 0.107. The van der Waals surface area contributed by atoms with Gasteiger partial charge in [0.1, 0.15) is 17.2 Å². The molecule has 1 heterocycles. The smallest absolute Gasteiger partial charge is 0.255 e. The molecule has 0 aliphatic carbocycles. The van der Waals surface area contributed by atoms with Crippen molar-refractivity contribution in [3.05, 3.63) is 17.0 Å². The largest absolute Gasteiger partial charge is 0.370 e. The van der Waals surface area contributed by atoms with Gasteiger partial charge < -0.3 is 15.8 Å². The highest BCUT2D eigenvalue weighted by Gasteiger charge is 2.17. The third-order valence-electron chi connectivity index (χ3n) is 1.81. The minimum Gasteiger partial charge on any atom is -0.370 e. The van der Waals surface area contributed by atoms with Crippen LogP contribution in [0, 0.1) is 11.3 Å². The summed E-state index contributed by atoms with van der Waals surface area (Å²) in [6, 6.07) is 3.62. The first-order valence-electron chi connectivity index (χ1n) is 4.24. The van der Waals surface area contributed by atoms with Crippen molar-refractivity contribution in [1.82, 2.24) is 0 Å². The van der Waals surface area contributed by atoms with Gasteiger partial charge in [-0.1, -0.05) is 0 Å². The molecular formula is C9H11N3O2S. The summed E-state index contributed by atoms with van der Waals surface area (Å²) in [7, 11) is 1.41. The Morgan fingerprint density at radius 3 is 3.13 bits per heavy atom. The van der Waals surface area contributed by atoms with Gasteiger partial charge in [-0.3, -0.25) is 4.79 Å². The lowest BCUT2D eigenvalue weighted by molar-refractivity contribution is -0.125. The molecule has 0 saturated carbocycles. The molecule has 1 amide bonds. The number of carbonyl (C=O) groups excluding carboxylic acids is 1. The zero-order chi connectivity index (χ0) is 11.3. The Morgan fingerprint density at radius 2 is 2.60 bits per heavy atom. The van der Waals surface area contributed by atoms with Crippen LogP contribution in [0.5, 0.6) is 0 Å². The fraction of sp³-hybridized carbons (Fsp3) is 0.333. The summed E-state index contributed by atoms with van der Waals surface area (Å²) < 4.78 is 4.87. The molecule has 1 aromatic heterocycles. The van der Waals surface area contributed by atoms with E-state index in [9.17, 15) is 4.79 Å². The molecule has 15 heavy (non-hydrogen) atoms. The van der Waals surface area contributed by atoms with E-state index in [4.69, 9.17) is 15.7 Å². The molecule has 5 nitrogen and oxygen atoms in total. The van der Waals surface area contributed by atoms with Crippen LogP contribution in [0.25, 0.3) is 0 Å². The number of nitrogens with zero attached hydrogens (tertiary/aromatic N) is 1. The molecule has 1 atom stereocenters. The van der Waals surface area contributed by atoms with E-state index in [-0.39, 0.29) is 12.5 Å². The summed E-state index contributed by atoms with van der Waals surface area (Å²) >= 11 is 1.29. The molecule has 80 valence electrons. The number of rotatable bonds is 4. The zero-order valence-electron chi connectivity index (χ0n) is 8.19. The van der Waals surface area contributed by atoms with E-state index >= 15 is 0 Å². The summed E-state index contributed by atoms with van der Waals surface area (Å²) in [6.45, 7) is 0.107. The van der Waals surface area contributed by atoms with Crippen molar-refractivity contribution in [2.24, 2.45) is 5.73 Å². The standard InChI is InChI=1S/C9H11N3O2S/c1-14-7(5-11)8(13)12-9-6(4-10)2-3-15-9/h2-3,7H,5,11H2,1H3,(H,12,13). The van der Waals surface area contributed by atoms with E-state index < -0.39 is 6.10 Å². The molecular weight excluding hydrogens is 214 g/mol. The van der Waals surface area contributed by atoms with Crippen LogP contribution >= 0.6 is 11.3 Å². The summed E-state index contributed by atoms with van der Waals surface area (Å²) in [5, 5.41) is 13.6. The summed E-state index contributed by atoms with van der Waals surface area (Å²) in [5.41, 5.74) is 5.78. The van der Waals surface area contributed by atoms with Gasteiger partial charge in [-0.2, -0.15) is 5.26 Å². The van der Waals surface area contributed by atoms with Crippen LogP contribution in [-0.4, -0.2) is 25.7 Å². The van der Waals surface area contributed by atoms with E-state index in [1.54, 1.807) is 11.4 Å². The average molecular weight is 225 g/mol. The third-order valence-corrected chi connectivity index (χ3v) is 2.64. The molecule has 0 fully saturated rings. The van der Waals surface area contributed by atoms with Crippen LogP contribution in [0.2, 0.25) is 0 Å². The second-order valence-electron chi connectivity index (χ2n) is 2.72. The Bertz CT molecular complexity index is 379. The first kappa shape index (κ1) is 11.7. The van der Waals surface area contributed by atoms with Crippen molar-refractivity contribution in [3.63, 3.8) is 0 Å². The van der Waals surface area contributed by atoms with Crippen molar-refractivity contribution in [1.29, 1.82) is 5.26 Å². The summed E-state index contributed by atoms with van der Waals surface area (Å²) in [4.78, 5) is 11.5. The lowest BCUT2D eigenvalue weighted by atomic mass is 10.3. The normalized spacial score (nSPS) is 11.8. The van der Waals surface area contributed by atoms with Crippen LogP contribution in [-0.2, 0) is 9.53 Å². The Hall–Kier alpha value is -1.42. The second-order valence-corrected chi connectivity index (χ2v) is 3.64. The molecule has 0 aliphatic heterocycles. The van der Waals surface area contributed by atoms with Crippen LogP contribution in [0.3, 0.4) is 0 Å². The highest BCUT2D eigenvalue weighted by Crippen LogP contribution is 2.22. The average Bonchev–Trinajstić information content (AvgIpc) is 2.67.